The summed E-state index contributed by atoms with van der Waals surface area (Å²) in [7, 11) is 0. The van der Waals surface area contributed by atoms with Crippen molar-refractivity contribution in [2.24, 2.45) is 0 Å². The van der Waals surface area contributed by atoms with Crippen LogP contribution in [0.1, 0.15) is 26.2 Å². The van der Waals surface area contributed by atoms with E-state index < -0.39 is 0 Å². The molecule has 2 unspecified atom stereocenters. The second-order valence-electron chi connectivity index (χ2n) is 3.31. The van der Waals surface area contributed by atoms with Crippen LogP contribution in [0.4, 0.5) is 0 Å². The highest BCUT2D eigenvalue weighted by atomic mass is 16.6. The van der Waals surface area contributed by atoms with Crippen LogP contribution < -0.4 is 0 Å². The van der Waals surface area contributed by atoms with Crippen molar-refractivity contribution in [1.29, 1.82) is 0 Å². The monoisotopic (exact) mass is 182 g/mol. The van der Waals surface area contributed by atoms with E-state index in [9.17, 15) is 0 Å². The first-order chi connectivity index (χ1) is 6.27. The molecule has 2 atom stereocenters. The number of hydrogen-bond donors (Lipinski definition) is 0. The van der Waals surface area contributed by atoms with Crippen molar-refractivity contribution >= 4 is 0 Å². The van der Waals surface area contributed by atoms with Crippen LogP contribution in [0.2, 0.25) is 0 Å². The molecule has 1 heterocycles. The van der Waals surface area contributed by atoms with Crippen molar-refractivity contribution in [3.63, 3.8) is 0 Å². The number of hydrogen-bond acceptors (Lipinski definition) is 2. The maximum absolute atomic E-state index is 5.44. The van der Waals surface area contributed by atoms with Crippen molar-refractivity contribution in [2.75, 3.05) is 6.61 Å². The highest BCUT2D eigenvalue weighted by molar-refractivity contribution is 5.01. The number of rotatable bonds is 7. The zero-order valence-corrected chi connectivity index (χ0v) is 8.29. The lowest BCUT2D eigenvalue weighted by molar-refractivity contribution is 0.208. The van der Waals surface area contributed by atoms with E-state index in [4.69, 9.17) is 9.47 Å². The van der Waals surface area contributed by atoms with Gasteiger partial charge in [-0.15, -0.1) is 0 Å². The third kappa shape index (κ3) is 3.64. The molecule has 0 saturated carbocycles. The fraction of sp³-hybridized carbons (Fsp3) is 0.636. The van der Waals surface area contributed by atoms with Gasteiger partial charge in [0.1, 0.15) is 5.76 Å². The van der Waals surface area contributed by atoms with E-state index in [0.29, 0.717) is 24.6 Å². The zero-order valence-electron chi connectivity index (χ0n) is 8.29. The van der Waals surface area contributed by atoms with Crippen molar-refractivity contribution in [2.45, 2.75) is 38.4 Å². The molecular weight excluding hydrogens is 164 g/mol. The molecule has 2 nitrogen and oxygen atoms in total. The summed E-state index contributed by atoms with van der Waals surface area (Å²) in [6, 6.07) is 0. The predicted molar refractivity (Wildman–Crippen MR) is 53.5 cm³/mol. The minimum atomic E-state index is 0.428. The first-order valence-corrected chi connectivity index (χ1v) is 4.87. The molecule has 0 N–H and O–H groups in total. The Balaban J connectivity index is 1.96. The first kappa shape index (κ1) is 10.3. The molecule has 2 heteroatoms. The van der Waals surface area contributed by atoms with Crippen LogP contribution in [-0.2, 0) is 9.47 Å². The molecule has 0 spiro atoms. The molecule has 0 aliphatic carbocycles. The highest BCUT2D eigenvalue weighted by Crippen LogP contribution is 2.29. The van der Waals surface area contributed by atoms with Gasteiger partial charge in [0, 0.05) is 6.42 Å². The van der Waals surface area contributed by atoms with E-state index in [0.717, 1.165) is 6.42 Å². The number of epoxide rings is 1. The Kier molecular flexibility index (Phi) is 4.03. The van der Waals surface area contributed by atoms with Gasteiger partial charge < -0.3 is 9.47 Å². The molecule has 1 rings (SSSR count). The topological polar surface area (TPSA) is 21.8 Å². The molecule has 0 amide bonds. The number of allylic oxidation sites excluding steroid dienone is 1. The van der Waals surface area contributed by atoms with Gasteiger partial charge in [-0.3, -0.25) is 0 Å². The van der Waals surface area contributed by atoms with Gasteiger partial charge >= 0.3 is 0 Å². The quantitative estimate of drug-likeness (QED) is 0.343. The van der Waals surface area contributed by atoms with Crippen LogP contribution in [0, 0.1) is 0 Å². The van der Waals surface area contributed by atoms with E-state index in [1.165, 1.54) is 12.8 Å². The third-order valence-electron chi connectivity index (χ3n) is 2.18. The van der Waals surface area contributed by atoms with Crippen molar-refractivity contribution in [1.82, 2.24) is 0 Å². The molecule has 0 radical (unpaired) electrons. The van der Waals surface area contributed by atoms with Gasteiger partial charge in [0.25, 0.3) is 0 Å². The van der Waals surface area contributed by atoms with Gasteiger partial charge in [-0.1, -0.05) is 26.5 Å². The van der Waals surface area contributed by atoms with Gasteiger partial charge in [-0.25, -0.2) is 0 Å². The van der Waals surface area contributed by atoms with Crippen LogP contribution in [0.25, 0.3) is 0 Å². The summed E-state index contributed by atoms with van der Waals surface area (Å²) in [5, 5.41) is 0. The molecule has 1 aliphatic heterocycles. The Morgan fingerprint density at radius 1 is 1.46 bits per heavy atom. The van der Waals surface area contributed by atoms with Gasteiger partial charge in [0.05, 0.1) is 18.8 Å². The molecule has 13 heavy (non-hydrogen) atoms. The average molecular weight is 182 g/mol. The minimum absolute atomic E-state index is 0.428. The summed E-state index contributed by atoms with van der Waals surface area (Å²) in [6.07, 6.45) is 5.88. The summed E-state index contributed by atoms with van der Waals surface area (Å²) in [6.45, 7) is 10.1. The Labute approximate surface area is 80.2 Å². The summed E-state index contributed by atoms with van der Waals surface area (Å²) in [5.74, 6) is 0.646. The molecule has 0 aromatic heterocycles. The Morgan fingerprint density at radius 2 is 2.15 bits per heavy atom. The molecule has 1 saturated heterocycles. The van der Waals surface area contributed by atoms with Crippen LogP contribution in [0.3, 0.4) is 0 Å². The predicted octanol–water partition coefficient (Wildman–Crippen LogP) is 2.66. The van der Waals surface area contributed by atoms with Crippen LogP contribution >= 0.6 is 0 Å². The van der Waals surface area contributed by atoms with E-state index in [2.05, 4.69) is 20.1 Å². The second-order valence-corrected chi connectivity index (χ2v) is 3.31. The van der Waals surface area contributed by atoms with E-state index in [-0.39, 0.29) is 0 Å². The largest absolute Gasteiger partial charge is 0.494 e. The normalized spacial score (nSPS) is 25.3. The maximum atomic E-state index is 5.44. The SMILES string of the molecule is C=CC(=C)OCCC1OC1CCC. The Morgan fingerprint density at radius 3 is 2.77 bits per heavy atom. The van der Waals surface area contributed by atoms with Crippen LogP contribution in [0.5, 0.6) is 0 Å². The van der Waals surface area contributed by atoms with Gasteiger partial charge in [0.15, 0.2) is 0 Å². The summed E-state index contributed by atoms with van der Waals surface area (Å²) in [4.78, 5) is 0. The number of ether oxygens (including phenoxy) is 2. The maximum Gasteiger partial charge on any atom is 0.111 e. The molecule has 1 fully saturated rings. The van der Waals surface area contributed by atoms with E-state index >= 15 is 0 Å². The molecule has 0 aromatic rings. The summed E-state index contributed by atoms with van der Waals surface area (Å²) < 4.78 is 10.7. The second kappa shape index (κ2) is 5.07. The lowest BCUT2D eigenvalue weighted by Gasteiger charge is -2.02. The molecule has 0 aromatic carbocycles. The summed E-state index contributed by atoms with van der Waals surface area (Å²) in [5.41, 5.74) is 0. The summed E-state index contributed by atoms with van der Waals surface area (Å²) >= 11 is 0. The van der Waals surface area contributed by atoms with Gasteiger partial charge in [-0.05, 0) is 12.5 Å². The third-order valence-corrected chi connectivity index (χ3v) is 2.18. The lowest BCUT2D eigenvalue weighted by atomic mass is 10.2. The minimum Gasteiger partial charge on any atom is -0.494 e. The van der Waals surface area contributed by atoms with Gasteiger partial charge in [-0.2, -0.15) is 0 Å². The van der Waals surface area contributed by atoms with Gasteiger partial charge in [0.2, 0.25) is 0 Å². The van der Waals surface area contributed by atoms with Crippen molar-refractivity contribution in [3.05, 3.63) is 25.0 Å². The average Bonchev–Trinajstić information content (AvgIpc) is 2.84. The fourth-order valence-corrected chi connectivity index (χ4v) is 1.34. The molecule has 74 valence electrons. The first-order valence-electron chi connectivity index (χ1n) is 4.87. The van der Waals surface area contributed by atoms with E-state index in [1.807, 2.05) is 0 Å². The highest BCUT2D eigenvalue weighted by Gasteiger charge is 2.36. The van der Waals surface area contributed by atoms with E-state index in [1.54, 1.807) is 6.08 Å². The van der Waals surface area contributed by atoms with Crippen LogP contribution in [-0.4, -0.2) is 18.8 Å². The Bertz CT molecular complexity index is 187. The van der Waals surface area contributed by atoms with Crippen molar-refractivity contribution < 1.29 is 9.47 Å². The zero-order chi connectivity index (χ0) is 9.68. The molecule has 1 aliphatic rings. The van der Waals surface area contributed by atoms with Crippen molar-refractivity contribution in [3.8, 4) is 0 Å². The smallest absolute Gasteiger partial charge is 0.111 e. The molecule has 0 bridgehead atoms. The van der Waals surface area contributed by atoms with Crippen LogP contribution in [0.15, 0.2) is 25.0 Å². The standard InChI is InChI=1S/C11H18O2/c1-4-6-10-11(13-10)7-8-12-9(3)5-2/h5,10-11H,2-4,6-8H2,1H3. The molecular formula is C11H18O2. The lowest BCUT2D eigenvalue weighted by Crippen LogP contribution is -2.00. The fourth-order valence-electron chi connectivity index (χ4n) is 1.34. The Hall–Kier alpha value is -0.760.